The van der Waals surface area contributed by atoms with Gasteiger partial charge in [-0.25, -0.2) is 9.36 Å². The Morgan fingerprint density at radius 3 is 1.57 bits per heavy atom. The van der Waals surface area contributed by atoms with Gasteiger partial charge in [-0.2, -0.15) is 10.2 Å². The summed E-state index contributed by atoms with van der Waals surface area (Å²) in [7, 11) is 0. The topological polar surface area (TPSA) is 55.9 Å². The van der Waals surface area contributed by atoms with Gasteiger partial charge in [0.25, 0.3) is 0 Å². The molecule has 4 aromatic rings. The van der Waals surface area contributed by atoms with Crippen molar-refractivity contribution in [3.63, 3.8) is 0 Å². The van der Waals surface area contributed by atoms with Crippen molar-refractivity contribution in [2.24, 2.45) is 0 Å². The Hall–Kier alpha value is -1.73. The number of nitrogens with zero attached hydrogens (tertiary/aromatic N) is 4. The van der Waals surface area contributed by atoms with Crippen molar-refractivity contribution in [3.8, 4) is 11.4 Å². The third-order valence-electron chi connectivity index (χ3n) is 3.92. The Labute approximate surface area is 198 Å². The van der Waals surface area contributed by atoms with Crippen LogP contribution in [0.25, 0.3) is 11.4 Å². The Bertz CT molecular complexity index is 1050. The van der Waals surface area contributed by atoms with Crippen molar-refractivity contribution in [3.05, 3.63) is 92.4 Å². The lowest BCUT2D eigenvalue weighted by atomic mass is 10.3. The van der Waals surface area contributed by atoms with Crippen molar-refractivity contribution >= 4 is 58.0 Å². The fourth-order valence-corrected chi connectivity index (χ4v) is 3.60. The highest BCUT2D eigenvalue weighted by atomic mass is 35.5. The number of halogens is 5. The molecular formula is C20H15Cl5N4O. The Balaban J connectivity index is 0.000000171. The first-order valence-electron chi connectivity index (χ1n) is 8.56. The lowest BCUT2D eigenvalue weighted by Crippen LogP contribution is -1.94. The summed E-state index contributed by atoms with van der Waals surface area (Å²) in [4.78, 5) is 0. The molecule has 0 fully saturated rings. The minimum absolute atomic E-state index is 0.0365. The molecule has 0 saturated heterocycles. The molecule has 0 radical (unpaired) electrons. The van der Waals surface area contributed by atoms with Gasteiger partial charge in [0, 0.05) is 33.6 Å². The van der Waals surface area contributed by atoms with E-state index in [4.69, 9.17) is 63.1 Å². The summed E-state index contributed by atoms with van der Waals surface area (Å²) in [5, 5.41) is 19.4. The molecule has 0 aliphatic heterocycles. The van der Waals surface area contributed by atoms with Crippen molar-refractivity contribution in [1.29, 1.82) is 0 Å². The molecule has 0 unspecified atom stereocenters. The van der Waals surface area contributed by atoms with Crippen LogP contribution in [-0.4, -0.2) is 24.7 Å². The molecule has 0 saturated carbocycles. The van der Waals surface area contributed by atoms with Crippen LogP contribution < -0.4 is 0 Å². The number of rotatable bonds is 4. The van der Waals surface area contributed by atoms with Gasteiger partial charge in [0.1, 0.15) is 0 Å². The lowest BCUT2D eigenvalue weighted by molar-refractivity contribution is 0.282. The Morgan fingerprint density at radius 2 is 1.20 bits per heavy atom. The van der Waals surface area contributed by atoms with Crippen molar-refractivity contribution in [2.45, 2.75) is 12.5 Å². The molecule has 156 valence electrons. The van der Waals surface area contributed by atoms with Gasteiger partial charge in [0.2, 0.25) is 0 Å². The fourth-order valence-electron chi connectivity index (χ4n) is 2.47. The van der Waals surface area contributed by atoms with E-state index in [1.807, 2.05) is 12.3 Å². The summed E-state index contributed by atoms with van der Waals surface area (Å²) < 4.78 is 3.28. The second-order valence-corrected chi connectivity index (χ2v) is 8.02. The molecule has 2 aromatic carbocycles. The smallest absolute Gasteiger partial charge is 0.0832 e. The molecule has 1 N–H and O–H groups in total. The number of hydrogen-bond acceptors (Lipinski definition) is 3. The van der Waals surface area contributed by atoms with Crippen LogP contribution in [0.15, 0.2) is 61.2 Å². The second kappa shape index (κ2) is 10.5. The molecule has 0 amide bonds. The molecule has 0 aliphatic carbocycles. The number of aliphatic hydroxyl groups excluding tert-OH is 1. The maximum absolute atomic E-state index is 8.90. The number of hydrogen-bond donors (Lipinski definition) is 1. The maximum Gasteiger partial charge on any atom is 0.0832 e. The zero-order chi connectivity index (χ0) is 21.7. The SMILES string of the molecule is ClCc1cnn(-c2ccc(Cl)cc2Cl)c1.OCc1cnn(-c2ccc(Cl)cc2Cl)c1. The lowest BCUT2D eigenvalue weighted by Gasteiger charge is -2.03. The van der Waals surface area contributed by atoms with Gasteiger partial charge in [-0.3, -0.25) is 0 Å². The third kappa shape index (κ3) is 5.70. The highest BCUT2D eigenvalue weighted by Gasteiger charge is 2.06. The molecule has 5 nitrogen and oxygen atoms in total. The number of benzene rings is 2. The number of aromatic nitrogens is 4. The first-order chi connectivity index (χ1) is 14.4. The summed E-state index contributed by atoms with van der Waals surface area (Å²) in [6.07, 6.45) is 6.85. The van der Waals surface area contributed by atoms with E-state index < -0.39 is 0 Å². The van der Waals surface area contributed by atoms with Crippen LogP contribution in [0.4, 0.5) is 0 Å². The summed E-state index contributed by atoms with van der Waals surface area (Å²) in [5.74, 6) is 0.436. The molecular weight excluding hydrogens is 490 g/mol. The first-order valence-corrected chi connectivity index (χ1v) is 10.6. The molecule has 4 rings (SSSR count). The maximum atomic E-state index is 8.90. The minimum atomic E-state index is -0.0365. The van der Waals surface area contributed by atoms with Crippen LogP contribution in [0.1, 0.15) is 11.1 Å². The average Bonchev–Trinajstić information content (AvgIpc) is 3.38. The van der Waals surface area contributed by atoms with Crippen molar-refractivity contribution in [1.82, 2.24) is 19.6 Å². The highest BCUT2D eigenvalue weighted by molar-refractivity contribution is 6.36. The minimum Gasteiger partial charge on any atom is -0.392 e. The molecule has 0 spiro atoms. The fraction of sp³-hybridized carbons (Fsp3) is 0.100. The first kappa shape index (κ1) is 22.9. The summed E-state index contributed by atoms with van der Waals surface area (Å²) in [5.41, 5.74) is 3.21. The largest absolute Gasteiger partial charge is 0.392 e. The van der Waals surface area contributed by atoms with Crippen LogP contribution in [0.3, 0.4) is 0 Å². The van der Waals surface area contributed by atoms with E-state index in [1.54, 1.807) is 58.3 Å². The van der Waals surface area contributed by atoms with Gasteiger partial charge in [0.05, 0.1) is 46.3 Å². The van der Waals surface area contributed by atoms with E-state index in [-0.39, 0.29) is 6.61 Å². The molecule has 0 aliphatic rings. The van der Waals surface area contributed by atoms with Crippen LogP contribution in [0, 0.1) is 0 Å². The molecule has 2 aromatic heterocycles. The van der Waals surface area contributed by atoms with Gasteiger partial charge in [-0.05, 0) is 36.4 Å². The Kier molecular flexibility index (Phi) is 8.06. The third-order valence-corrected chi connectivity index (χ3v) is 5.31. The molecule has 0 bridgehead atoms. The second-order valence-electron chi connectivity index (χ2n) is 6.07. The van der Waals surface area contributed by atoms with Gasteiger partial charge < -0.3 is 5.11 Å². The van der Waals surface area contributed by atoms with Gasteiger partial charge in [0.15, 0.2) is 0 Å². The molecule has 0 atom stereocenters. The van der Waals surface area contributed by atoms with Gasteiger partial charge in [-0.15, -0.1) is 11.6 Å². The molecule has 2 heterocycles. The molecule has 10 heteroatoms. The van der Waals surface area contributed by atoms with E-state index in [0.29, 0.717) is 26.0 Å². The quantitative estimate of drug-likeness (QED) is 0.319. The number of alkyl halides is 1. The van der Waals surface area contributed by atoms with E-state index >= 15 is 0 Å². The van der Waals surface area contributed by atoms with Crippen molar-refractivity contribution in [2.75, 3.05) is 0 Å². The predicted molar refractivity (Wildman–Crippen MR) is 123 cm³/mol. The van der Waals surface area contributed by atoms with Crippen LogP contribution in [0.5, 0.6) is 0 Å². The van der Waals surface area contributed by atoms with Gasteiger partial charge in [-0.1, -0.05) is 46.4 Å². The average molecular weight is 505 g/mol. The normalized spacial score (nSPS) is 10.6. The summed E-state index contributed by atoms with van der Waals surface area (Å²) >= 11 is 29.3. The number of aliphatic hydroxyl groups is 1. The van der Waals surface area contributed by atoms with Crippen LogP contribution in [0.2, 0.25) is 20.1 Å². The van der Waals surface area contributed by atoms with Crippen molar-refractivity contribution < 1.29 is 5.11 Å². The highest BCUT2D eigenvalue weighted by Crippen LogP contribution is 2.25. The zero-order valence-corrected chi connectivity index (χ0v) is 19.1. The summed E-state index contributed by atoms with van der Waals surface area (Å²) in [6, 6.07) is 10.4. The van der Waals surface area contributed by atoms with Crippen LogP contribution >= 0.6 is 58.0 Å². The Morgan fingerprint density at radius 1 is 0.733 bits per heavy atom. The van der Waals surface area contributed by atoms with E-state index in [2.05, 4.69) is 10.2 Å². The molecule has 30 heavy (non-hydrogen) atoms. The van der Waals surface area contributed by atoms with E-state index in [0.717, 1.165) is 22.5 Å². The summed E-state index contributed by atoms with van der Waals surface area (Å²) in [6.45, 7) is -0.0365. The predicted octanol–water partition coefficient (Wildman–Crippen LogP) is 6.59. The van der Waals surface area contributed by atoms with Gasteiger partial charge >= 0.3 is 0 Å². The monoisotopic (exact) mass is 502 g/mol. The van der Waals surface area contributed by atoms with E-state index in [9.17, 15) is 0 Å². The van der Waals surface area contributed by atoms with Crippen LogP contribution in [-0.2, 0) is 12.5 Å². The van der Waals surface area contributed by atoms with E-state index in [1.165, 1.54) is 0 Å². The zero-order valence-electron chi connectivity index (χ0n) is 15.3. The standard InChI is InChI=1S/C10H7Cl3N2.C10H8Cl2N2O/c11-4-7-5-14-15(6-7)10-2-1-8(12)3-9(10)13;11-8-1-2-10(9(12)3-8)14-5-7(6-15)4-13-14/h1-3,5-6H,4H2;1-5,15H,6H2.